The van der Waals surface area contributed by atoms with Crippen LogP contribution in [0, 0.1) is 27.9 Å². The van der Waals surface area contributed by atoms with Gasteiger partial charge in [0.1, 0.15) is 5.75 Å². The highest BCUT2D eigenvalue weighted by Crippen LogP contribution is 2.48. The molecular weight excluding hydrogens is 853 g/mol. The number of aliphatic hydroxyl groups excluding tert-OH is 2. The zero-order chi connectivity index (χ0) is 43.5. The quantitative estimate of drug-likeness (QED) is 0.0251. The number of amides is 2. The molecule has 3 N–H and O–H groups in total. The lowest BCUT2D eigenvalue weighted by Crippen LogP contribution is -2.66. The first-order valence-corrected chi connectivity index (χ1v) is 23.1. The van der Waals surface area contributed by atoms with Crippen molar-refractivity contribution in [2.45, 2.75) is 51.2 Å². The second-order valence-corrected chi connectivity index (χ2v) is 21.9. The number of non-ortho nitro benzene ring substituents is 1. The van der Waals surface area contributed by atoms with Crippen LogP contribution >= 0.6 is 15.9 Å². The number of aromatic hydroxyl groups is 1. The lowest BCUT2D eigenvalue weighted by molar-refractivity contribution is -0.384. The lowest BCUT2D eigenvalue weighted by Gasteiger charge is -2.44. The van der Waals surface area contributed by atoms with Crippen molar-refractivity contribution in [3.05, 3.63) is 170 Å². The molecule has 0 radical (unpaired) electrons. The number of fused-ring (bicyclic) bond motifs is 1. The number of aliphatic hydroxyl groups is 2. The number of anilines is 1. The van der Waals surface area contributed by atoms with Gasteiger partial charge in [-0.15, -0.1) is 0 Å². The van der Waals surface area contributed by atoms with E-state index in [1.54, 1.807) is 12.1 Å². The van der Waals surface area contributed by atoms with Crippen molar-refractivity contribution >= 4 is 69.5 Å². The van der Waals surface area contributed by atoms with Gasteiger partial charge in [-0.25, -0.2) is 4.90 Å². The molecule has 0 unspecified atom stereocenters. The van der Waals surface area contributed by atoms with Crippen LogP contribution in [-0.4, -0.2) is 59.7 Å². The minimum absolute atomic E-state index is 0.0188. The Balaban J connectivity index is 1.33. The van der Waals surface area contributed by atoms with E-state index in [1.165, 1.54) is 24.3 Å². The Bertz CT molecular complexity index is 2430. The summed E-state index contributed by atoms with van der Waals surface area (Å²) in [5.74, 6) is -3.89. The molecule has 1 aliphatic carbocycles. The van der Waals surface area contributed by atoms with Gasteiger partial charge in [-0.05, 0) is 87.3 Å². The monoisotopic (exact) mass is 900 g/mol. The summed E-state index contributed by atoms with van der Waals surface area (Å²) in [6.45, 7) is 5.96. The fourth-order valence-corrected chi connectivity index (χ4v) is 14.2. The Kier molecular flexibility index (Phi) is 13.0. The fourth-order valence-electron chi connectivity index (χ4n) is 9.28. The summed E-state index contributed by atoms with van der Waals surface area (Å²) in [6, 6.07) is 40.5. The van der Waals surface area contributed by atoms with Crippen molar-refractivity contribution in [3.63, 3.8) is 0 Å². The number of hydrogen-bond acceptors (Lipinski definition) is 8. The van der Waals surface area contributed by atoms with E-state index >= 15 is 0 Å². The van der Waals surface area contributed by atoms with Gasteiger partial charge in [-0.1, -0.05) is 134 Å². The van der Waals surface area contributed by atoms with Gasteiger partial charge in [0.2, 0.25) is 11.8 Å². The minimum Gasteiger partial charge on any atom is -0.507 e. The van der Waals surface area contributed by atoms with Gasteiger partial charge in [0.25, 0.3) is 14.0 Å². The van der Waals surface area contributed by atoms with E-state index in [-0.39, 0.29) is 36.6 Å². The second-order valence-electron chi connectivity index (χ2n) is 16.7. The van der Waals surface area contributed by atoms with Crippen molar-refractivity contribution in [1.82, 2.24) is 0 Å². The summed E-state index contributed by atoms with van der Waals surface area (Å²) < 4.78 is 8.19. The highest BCUT2D eigenvalue weighted by Gasteiger charge is 2.56. The molecule has 4 atom stereocenters. The summed E-state index contributed by atoms with van der Waals surface area (Å²) in [6.07, 6.45) is 1.32. The van der Waals surface area contributed by atoms with E-state index in [2.05, 4.69) is 61.0 Å². The number of halogens is 1. The zero-order valence-corrected chi connectivity index (χ0v) is 36.9. The Hall–Kier alpha value is -5.50. The van der Waals surface area contributed by atoms with Crippen LogP contribution in [0.15, 0.2) is 149 Å². The van der Waals surface area contributed by atoms with Gasteiger partial charge in [0.05, 0.1) is 41.8 Å². The predicted molar refractivity (Wildman–Crippen MR) is 244 cm³/mol. The standard InChI is InChI=1S/C49H49BrN2O8Si/c1-49(2,3)61(39-18-9-5-10-19-39,40-20-11-6-12-21-40)60-31-35-28-41-46(48(57)51(47(41)56)37-16-13-17-38(29-37)52(58)59)42(30-53)45(35)44(55)24-22-33(32-14-7-4-8-15-32)26-34-27-36(50)23-25-43(34)54/h4-21,23,25-27,29,41-42,44,46,53-55H,22,24,28,30-31H2,1-3H3/b33-26-/t41-,42+,44-,46-/m1/s1. The summed E-state index contributed by atoms with van der Waals surface area (Å²) in [4.78, 5) is 41.0. The van der Waals surface area contributed by atoms with Gasteiger partial charge in [-0.3, -0.25) is 19.7 Å². The maximum atomic E-state index is 14.5. The van der Waals surface area contributed by atoms with Crippen LogP contribution in [0.5, 0.6) is 5.75 Å². The third-order valence-electron chi connectivity index (χ3n) is 12.1. The van der Waals surface area contributed by atoms with Crippen LogP contribution in [0.25, 0.3) is 11.6 Å². The van der Waals surface area contributed by atoms with Crippen molar-refractivity contribution in [1.29, 1.82) is 0 Å². The predicted octanol–water partition coefficient (Wildman–Crippen LogP) is 8.44. The van der Waals surface area contributed by atoms with Crippen LogP contribution in [0.3, 0.4) is 0 Å². The van der Waals surface area contributed by atoms with E-state index in [9.17, 15) is 35.0 Å². The SMILES string of the molecule is CC(C)(C)[Si](OCC1=C([C@H](O)CC/C(=C/c2cc(Br)ccc2O)c2ccccc2)[C@H](CO)[C@@H]2C(=O)N(c3cccc([N+](=O)[O-])c3)C(=O)[C@@H]2C1)(c1ccccc1)c1ccccc1. The first kappa shape index (κ1) is 43.6. The number of nitro benzene ring substituents is 1. The normalized spacial score (nSPS) is 19.0. The van der Waals surface area contributed by atoms with Crippen molar-refractivity contribution in [3.8, 4) is 5.75 Å². The molecule has 2 aliphatic rings. The maximum absolute atomic E-state index is 14.5. The molecule has 314 valence electrons. The number of allylic oxidation sites excluding steroid dienone is 1. The first-order valence-electron chi connectivity index (χ1n) is 20.4. The number of imide groups is 1. The molecule has 1 heterocycles. The zero-order valence-electron chi connectivity index (χ0n) is 34.3. The first-order chi connectivity index (χ1) is 29.2. The second kappa shape index (κ2) is 18.2. The molecule has 1 aliphatic heterocycles. The number of nitrogens with zero attached hydrogens (tertiary/aromatic N) is 2. The molecule has 1 fully saturated rings. The highest BCUT2D eigenvalue weighted by molar-refractivity contribution is 9.10. The minimum atomic E-state index is -3.15. The number of benzene rings is 5. The lowest BCUT2D eigenvalue weighted by atomic mass is 9.68. The Morgan fingerprint density at radius 1 is 0.902 bits per heavy atom. The highest BCUT2D eigenvalue weighted by atomic mass is 79.9. The van der Waals surface area contributed by atoms with Crippen molar-refractivity contribution in [2.75, 3.05) is 18.1 Å². The van der Waals surface area contributed by atoms with E-state index in [4.69, 9.17) is 4.43 Å². The van der Waals surface area contributed by atoms with Crippen LogP contribution < -0.4 is 15.3 Å². The molecule has 10 nitrogen and oxygen atoms in total. The van der Waals surface area contributed by atoms with Gasteiger partial charge < -0.3 is 19.7 Å². The molecule has 12 heteroatoms. The van der Waals surface area contributed by atoms with Crippen LogP contribution in [0.4, 0.5) is 11.4 Å². The Labute approximate surface area is 365 Å². The maximum Gasteiger partial charge on any atom is 0.271 e. The van der Waals surface area contributed by atoms with Crippen LogP contribution in [0.2, 0.25) is 5.04 Å². The number of hydrogen-bond donors (Lipinski definition) is 3. The molecule has 5 aromatic rings. The van der Waals surface area contributed by atoms with E-state index < -0.39 is 60.6 Å². The molecule has 5 aromatic carbocycles. The van der Waals surface area contributed by atoms with Crippen molar-refractivity contribution < 1.29 is 34.3 Å². The average molecular weight is 902 g/mol. The number of nitro groups is 1. The number of phenolic OH excluding ortho intramolecular Hbond substituents is 1. The smallest absolute Gasteiger partial charge is 0.271 e. The molecule has 0 saturated carbocycles. The third-order valence-corrected chi connectivity index (χ3v) is 17.5. The molecule has 7 rings (SSSR count). The number of carbonyl (C=O) groups is 2. The Morgan fingerprint density at radius 2 is 1.52 bits per heavy atom. The molecule has 1 saturated heterocycles. The molecule has 0 aromatic heterocycles. The van der Waals surface area contributed by atoms with Crippen LogP contribution in [0.1, 0.15) is 51.2 Å². The molecule has 2 amide bonds. The molecule has 61 heavy (non-hydrogen) atoms. The van der Waals surface area contributed by atoms with E-state index in [0.717, 1.165) is 30.9 Å². The molecule has 0 bridgehead atoms. The number of carbonyl (C=O) groups excluding carboxylic acids is 2. The average Bonchev–Trinajstić information content (AvgIpc) is 3.51. The molecule has 0 spiro atoms. The van der Waals surface area contributed by atoms with Gasteiger partial charge in [0, 0.05) is 28.1 Å². The van der Waals surface area contributed by atoms with E-state index in [0.29, 0.717) is 23.1 Å². The fraction of sp³-hybridized carbons (Fsp3) is 0.265. The summed E-state index contributed by atoms with van der Waals surface area (Å²) in [5, 5.41) is 48.0. The topological polar surface area (TPSA) is 150 Å². The molecular formula is C49H49BrN2O8Si. The summed E-state index contributed by atoms with van der Waals surface area (Å²) >= 11 is 3.50. The number of phenols is 1. The largest absolute Gasteiger partial charge is 0.507 e. The van der Waals surface area contributed by atoms with E-state index in [1.807, 2.05) is 78.9 Å². The van der Waals surface area contributed by atoms with Gasteiger partial charge >= 0.3 is 0 Å². The van der Waals surface area contributed by atoms with Crippen molar-refractivity contribution in [2.24, 2.45) is 17.8 Å². The van der Waals surface area contributed by atoms with Gasteiger partial charge in [0.15, 0.2) is 0 Å². The van der Waals surface area contributed by atoms with Gasteiger partial charge in [-0.2, -0.15) is 0 Å². The number of rotatable bonds is 14. The summed E-state index contributed by atoms with van der Waals surface area (Å²) in [7, 11) is -3.15. The summed E-state index contributed by atoms with van der Waals surface area (Å²) in [5.41, 5.74) is 3.24. The van der Waals surface area contributed by atoms with Crippen LogP contribution in [-0.2, 0) is 14.0 Å². The Morgan fingerprint density at radius 3 is 2.11 bits per heavy atom. The third kappa shape index (κ3) is 8.69.